The second-order valence-electron chi connectivity index (χ2n) is 5.94. The summed E-state index contributed by atoms with van der Waals surface area (Å²) in [5.74, 6) is -1.55. The van der Waals surface area contributed by atoms with E-state index in [4.69, 9.17) is 0 Å². The molecule has 0 aliphatic rings. The van der Waals surface area contributed by atoms with Crippen LogP contribution in [0.25, 0.3) is 11.3 Å². The Labute approximate surface area is 154 Å². The van der Waals surface area contributed by atoms with Crippen molar-refractivity contribution in [2.75, 3.05) is 5.32 Å². The number of halogens is 4. The summed E-state index contributed by atoms with van der Waals surface area (Å²) in [5.41, 5.74) is 0.747. The number of hydrogen-bond acceptors (Lipinski definition) is 6. The largest absolute Gasteiger partial charge is 0.450 e. The van der Waals surface area contributed by atoms with Crippen LogP contribution in [0.2, 0.25) is 0 Å². The van der Waals surface area contributed by atoms with Crippen molar-refractivity contribution in [2.45, 2.75) is 19.1 Å². The van der Waals surface area contributed by atoms with E-state index in [1.807, 2.05) is 0 Å². The van der Waals surface area contributed by atoms with Gasteiger partial charge in [-0.3, -0.25) is 4.57 Å². The number of alkyl halides is 3. The summed E-state index contributed by atoms with van der Waals surface area (Å²) in [6.45, 7) is 1.76. The lowest BCUT2D eigenvalue weighted by molar-refractivity contribution is -0.145. The number of imidazole rings is 1. The summed E-state index contributed by atoms with van der Waals surface area (Å²) in [6, 6.07) is 6.92. The molecule has 0 bridgehead atoms. The minimum absolute atomic E-state index is 0.242. The fourth-order valence-electron chi connectivity index (χ4n) is 2.73. The van der Waals surface area contributed by atoms with Crippen molar-refractivity contribution in [1.29, 1.82) is 0 Å². The van der Waals surface area contributed by atoms with Gasteiger partial charge in [0.25, 0.3) is 0 Å². The zero-order valence-corrected chi connectivity index (χ0v) is 14.3. The molecule has 3 heterocycles. The quantitative estimate of drug-likeness (QED) is 0.538. The van der Waals surface area contributed by atoms with E-state index in [9.17, 15) is 17.6 Å². The number of nitrogens with zero attached hydrogens (tertiary/aromatic N) is 7. The maximum Gasteiger partial charge on any atom is 0.450 e. The first-order valence-corrected chi connectivity index (χ1v) is 8.05. The van der Waals surface area contributed by atoms with Gasteiger partial charge in [-0.25, -0.2) is 9.37 Å². The first-order valence-electron chi connectivity index (χ1n) is 8.05. The summed E-state index contributed by atoms with van der Waals surface area (Å²) in [4.78, 5) is 3.27. The standard InChI is InChI=1S/C16H12F4N8/c1-9(22-13-4-5-14-23-25-26-28(14)24-13)10-2-3-12(11(17)8-10)27-7-6-21-15(27)16(18,19)20/h2-9H,1H3,(H,22,24)/t9-/m1/s1. The first-order chi connectivity index (χ1) is 13.3. The normalized spacial score (nSPS) is 13.0. The van der Waals surface area contributed by atoms with Crippen LogP contribution in [0.1, 0.15) is 24.4 Å². The highest BCUT2D eigenvalue weighted by Crippen LogP contribution is 2.31. The van der Waals surface area contributed by atoms with E-state index < -0.39 is 17.8 Å². The molecule has 0 fully saturated rings. The van der Waals surface area contributed by atoms with Gasteiger partial charge in [0, 0.05) is 12.4 Å². The van der Waals surface area contributed by atoms with Crippen LogP contribution < -0.4 is 5.32 Å². The van der Waals surface area contributed by atoms with Crippen LogP contribution in [0.3, 0.4) is 0 Å². The predicted molar refractivity (Wildman–Crippen MR) is 89.1 cm³/mol. The molecule has 144 valence electrons. The average molecular weight is 392 g/mol. The van der Waals surface area contributed by atoms with Crippen molar-refractivity contribution in [3.8, 4) is 5.69 Å². The number of nitrogens with one attached hydrogen (secondary N) is 1. The molecule has 0 amide bonds. The number of benzene rings is 1. The molecule has 0 spiro atoms. The van der Waals surface area contributed by atoms with E-state index in [1.54, 1.807) is 19.1 Å². The molecule has 28 heavy (non-hydrogen) atoms. The van der Waals surface area contributed by atoms with Crippen LogP contribution in [0.4, 0.5) is 23.4 Å². The fraction of sp³-hybridized carbons (Fsp3) is 0.188. The van der Waals surface area contributed by atoms with Gasteiger partial charge in [-0.1, -0.05) is 6.07 Å². The Bertz CT molecular complexity index is 1130. The van der Waals surface area contributed by atoms with E-state index in [2.05, 4.69) is 30.9 Å². The first kappa shape index (κ1) is 17.8. The van der Waals surface area contributed by atoms with E-state index in [-0.39, 0.29) is 11.7 Å². The van der Waals surface area contributed by atoms with Gasteiger partial charge in [0.2, 0.25) is 5.82 Å². The number of tetrazole rings is 1. The molecule has 0 aliphatic carbocycles. The molecule has 0 saturated heterocycles. The molecule has 8 nitrogen and oxygen atoms in total. The van der Waals surface area contributed by atoms with Gasteiger partial charge in [0.1, 0.15) is 11.6 Å². The minimum Gasteiger partial charge on any atom is -0.362 e. The van der Waals surface area contributed by atoms with Gasteiger partial charge in [0.05, 0.1) is 11.7 Å². The molecular weight excluding hydrogens is 380 g/mol. The van der Waals surface area contributed by atoms with Crippen LogP contribution in [0.5, 0.6) is 0 Å². The third-order valence-electron chi connectivity index (χ3n) is 4.06. The minimum atomic E-state index is -4.69. The van der Waals surface area contributed by atoms with Crippen molar-refractivity contribution in [2.24, 2.45) is 0 Å². The third-order valence-corrected chi connectivity index (χ3v) is 4.06. The predicted octanol–water partition coefficient (Wildman–Crippen LogP) is 3.04. The SMILES string of the molecule is C[C@@H](Nc1ccc2nnnn2n1)c1ccc(-n2ccnc2C(F)(F)F)c(F)c1. The second-order valence-corrected chi connectivity index (χ2v) is 5.94. The average Bonchev–Trinajstić information content (AvgIpc) is 3.30. The van der Waals surface area contributed by atoms with E-state index >= 15 is 0 Å². The molecule has 0 saturated carbocycles. The Balaban J connectivity index is 1.59. The van der Waals surface area contributed by atoms with Gasteiger partial charge >= 0.3 is 6.18 Å². The lowest BCUT2D eigenvalue weighted by Gasteiger charge is -2.17. The molecule has 0 unspecified atom stereocenters. The smallest absolute Gasteiger partial charge is 0.362 e. The third kappa shape index (κ3) is 3.23. The van der Waals surface area contributed by atoms with Crippen LogP contribution >= 0.6 is 0 Å². The number of hydrogen-bond donors (Lipinski definition) is 1. The molecule has 0 aliphatic heterocycles. The van der Waals surface area contributed by atoms with Crippen molar-refractivity contribution in [3.05, 3.63) is 59.9 Å². The highest BCUT2D eigenvalue weighted by atomic mass is 19.4. The molecule has 3 aromatic heterocycles. The molecule has 0 radical (unpaired) electrons. The van der Waals surface area contributed by atoms with Crippen LogP contribution in [-0.2, 0) is 6.18 Å². The van der Waals surface area contributed by atoms with Gasteiger partial charge in [-0.2, -0.15) is 13.2 Å². The van der Waals surface area contributed by atoms with Crippen molar-refractivity contribution in [3.63, 3.8) is 0 Å². The summed E-state index contributed by atoms with van der Waals surface area (Å²) in [5, 5.41) is 18.1. The topological polar surface area (TPSA) is 85.8 Å². The Morgan fingerprint density at radius 3 is 2.71 bits per heavy atom. The maximum absolute atomic E-state index is 14.6. The highest BCUT2D eigenvalue weighted by molar-refractivity contribution is 5.45. The summed E-state index contributed by atoms with van der Waals surface area (Å²) < 4.78 is 55.5. The number of anilines is 1. The zero-order valence-electron chi connectivity index (χ0n) is 14.3. The van der Waals surface area contributed by atoms with Gasteiger partial charge in [0.15, 0.2) is 5.65 Å². The van der Waals surface area contributed by atoms with Crippen LogP contribution in [0, 0.1) is 5.82 Å². The molecule has 12 heteroatoms. The highest BCUT2D eigenvalue weighted by Gasteiger charge is 2.36. The Morgan fingerprint density at radius 1 is 1.14 bits per heavy atom. The van der Waals surface area contributed by atoms with Gasteiger partial charge < -0.3 is 5.32 Å². The molecule has 1 atom stereocenters. The van der Waals surface area contributed by atoms with Crippen LogP contribution in [0.15, 0.2) is 42.7 Å². The Morgan fingerprint density at radius 2 is 1.96 bits per heavy atom. The van der Waals surface area contributed by atoms with Gasteiger partial charge in [-0.15, -0.1) is 14.8 Å². The molecule has 4 rings (SSSR count). The van der Waals surface area contributed by atoms with Crippen LogP contribution in [-0.4, -0.2) is 34.8 Å². The second kappa shape index (κ2) is 6.55. The molecule has 1 aromatic carbocycles. The molecular formula is C16H12F4N8. The lowest BCUT2D eigenvalue weighted by Crippen LogP contribution is -2.15. The summed E-state index contributed by atoms with van der Waals surface area (Å²) >= 11 is 0. The van der Waals surface area contributed by atoms with E-state index in [0.29, 0.717) is 21.6 Å². The molecule has 4 aromatic rings. The Kier molecular flexibility index (Phi) is 4.17. The lowest BCUT2D eigenvalue weighted by atomic mass is 10.1. The monoisotopic (exact) mass is 392 g/mol. The van der Waals surface area contributed by atoms with E-state index in [0.717, 1.165) is 12.4 Å². The van der Waals surface area contributed by atoms with Crippen molar-refractivity contribution in [1.82, 2.24) is 34.8 Å². The molecule has 1 N–H and O–H groups in total. The van der Waals surface area contributed by atoms with Crippen molar-refractivity contribution >= 4 is 11.5 Å². The maximum atomic E-state index is 14.6. The zero-order chi connectivity index (χ0) is 19.9. The Hall–Kier alpha value is -3.57. The number of aromatic nitrogens is 7. The number of fused-ring (bicyclic) bond motifs is 1. The fourth-order valence-corrected chi connectivity index (χ4v) is 2.73. The number of rotatable bonds is 4. The summed E-state index contributed by atoms with van der Waals surface area (Å²) in [6.07, 6.45) is -2.65. The van der Waals surface area contributed by atoms with Crippen molar-refractivity contribution < 1.29 is 17.6 Å². The summed E-state index contributed by atoms with van der Waals surface area (Å²) in [7, 11) is 0. The van der Waals surface area contributed by atoms with Gasteiger partial charge in [-0.05, 0) is 47.2 Å². The van der Waals surface area contributed by atoms with E-state index in [1.165, 1.54) is 22.8 Å².